The van der Waals surface area contributed by atoms with Crippen molar-refractivity contribution >= 4 is 5.69 Å². The molecule has 0 amide bonds. The Balaban J connectivity index is 1.97. The maximum absolute atomic E-state index is 5.48. The number of aryl methyl sites for hydroxylation is 2. The van der Waals surface area contributed by atoms with Crippen LogP contribution in [0.3, 0.4) is 0 Å². The fourth-order valence-corrected chi connectivity index (χ4v) is 3.23. The monoisotopic (exact) mass is 246 g/mol. The van der Waals surface area contributed by atoms with Gasteiger partial charge in [-0.2, -0.15) is 0 Å². The van der Waals surface area contributed by atoms with Gasteiger partial charge < -0.3 is 10.1 Å². The van der Waals surface area contributed by atoms with Crippen LogP contribution in [0.4, 0.5) is 5.69 Å². The molecule has 2 heterocycles. The van der Waals surface area contributed by atoms with Crippen molar-refractivity contribution in [3.63, 3.8) is 0 Å². The van der Waals surface area contributed by atoms with Crippen molar-refractivity contribution < 1.29 is 4.74 Å². The molecular formula is C15H22N2O. The van der Waals surface area contributed by atoms with E-state index in [0.717, 1.165) is 32.8 Å². The molecule has 0 spiro atoms. The normalized spacial score (nSPS) is 24.4. The summed E-state index contributed by atoms with van der Waals surface area (Å²) in [6.45, 7) is 9.41. The molecule has 1 aromatic rings. The first kappa shape index (κ1) is 12.0. The van der Waals surface area contributed by atoms with Crippen LogP contribution in [0.15, 0.2) is 12.1 Å². The summed E-state index contributed by atoms with van der Waals surface area (Å²) in [5.74, 6) is 0. The van der Waals surface area contributed by atoms with Crippen molar-refractivity contribution in [2.24, 2.45) is 0 Å². The molecule has 0 aromatic heterocycles. The minimum Gasteiger partial charge on any atom is -0.384 e. The predicted octanol–water partition coefficient (Wildman–Crippen LogP) is 2.49. The van der Waals surface area contributed by atoms with Gasteiger partial charge in [0.05, 0.1) is 13.2 Å². The lowest BCUT2D eigenvalue weighted by Gasteiger charge is -2.39. The van der Waals surface area contributed by atoms with Gasteiger partial charge in [0.15, 0.2) is 0 Å². The smallest absolute Gasteiger partial charge is 0.0594 e. The Morgan fingerprint density at radius 3 is 2.67 bits per heavy atom. The molecule has 3 rings (SSSR count). The molecule has 1 saturated heterocycles. The molecule has 1 atom stereocenters. The molecule has 1 N–H and O–H groups in total. The van der Waals surface area contributed by atoms with Gasteiger partial charge in [-0.1, -0.05) is 12.1 Å². The van der Waals surface area contributed by atoms with Gasteiger partial charge in [0, 0.05) is 31.4 Å². The molecule has 98 valence electrons. The van der Waals surface area contributed by atoms with Crippen molar-refractivity contribution in [2.45, 2.75) is 26.3 Å². The second-order valence-corrected chi connectivity index (χ2v) is 5.37. The summed E-state index contributed by atoms with van der Waals surface area (Å²) in [6, 6.07) is 5.06. The van der Waals surface area contributed by atoms with Gasteiger partial charge in [-0.3, -0.25) is 4.90 Å². The van der Waals surface area contributed by atoms with Gasteiger partial charge in [-0.15, -0.1) is 0 Å². The number of nitrogens with zero attached hydrogens (tertiary/aromatic N) is 1. The largest absolute Gasteiger partial charge is 0.384 e. The summed E-state index contributed by atoms with van der Waals surface area (Å²) in [6.07, 6.45) is 1.21. The van der Waals surface area contributed by atoms with Gasteiger partial charge in [-0.25, -0.2) is 0 Å². The molecule has 0 aliphatic carbocycles. The molecule has 3 nitrogen and oxygen atoms in total. The molecule has 0 saturated carbocycles. The third-order valence-electron chi connectivity index (χ3n) is 4.21. The number of rotatable bonds is 1. The average Bonchev–Trinajstić information content (AvgIpc) is 2.43. The molecule has 2 aliphatic heterocycles. The zero-order valence-corrected chi connectivity index (χ0v) is 11.3. The number of morpholine rings is 1. The predicted molar refractivity (Wildman–Crippen MR) is 74.2 cm³/mol. The first-order valence-corrected chi connectivity index (χ1v) is 6.93. The van der Waals surface area contributed by atoms with Crippen LogP contribution in [0.5, 0.6) is 0 Å². The topological polar surface area (TPSA) is 24.5 Å². The Bertz CT molecular complexity index is 438. The molecule has 0 bridgehead atoms. The molecule has 0 radical (unpaired) electrons. The first-order valence-electron chi connectivity index (χ1n) is 6.93. The summed E-state index contributed by atoms with van der Waals surface area (Å²) in [7, 11) is 0. The van der Waals surface area contributed by atoms with Crippen LogP contribution in [0, 0.1) is 13.8 Å². The molecule has 1 aromatic carbocycles. The highest BCUT2D eigenvalue weighted by Crippen LogP contribution is 2.38. The summed E-state index contributed by atoms with van der Waals surface area (Å²) >= 11 is 0. The molecule has 18 heavy (non-hydrogen) atoms. The van der Waals surface area contributed by atoms with E-state index in [0.29, 0.717) is 6.04 Å². The van der Waals surface area contributed by atoms with Crippen LogP contribution < -0.4 is 5.32 Å². The number of ether oxygens (including phenoxy) is 1. The molecule has 1 unspecified atom stereocenters. The zero-order valence-electron chi connectivity index (χ0n) is 11.3. The molecule has 3 heteroatoms. The Morgan fingerprint density at radius 2 is 1.89 bits per heavy atom. The summed E-state index contributed by atoms with van der Waals surface area (Å²) in [4.78, 5) is 2.59. The second kappa shape index (κ2) is 4.90. The summed E-state index contributed by atoms with van der Waals surface area (Å²) < 4.78 is 5.48. The number of benzene rings is 1. The lowest BCUT2D eigenvalue weighted by molar-refractivity contribution is 0.0143. The van der Waals surface area contributed by atoms with Crippen LogP contribution >= 0.6 is 0 Å². The van der Waals surface area contributed by atoms with Crippen molar-refractivity contribution in [3.05, 3.63) is 28.8 Å². The summed E-state index contributed by atoms with van der Waals surface area (Å²) in [5, 5.41) is 3.58. The second-order valence-electron chi connectivity index (χ2n) is 5.37. The Labute approximate surface area is 109 Å². The fraction of sp³-hybridized carbons (Fsp3) is 0.600. The van der Waals surface area contributed by atoms with Gasteiger partial charge in [-0.05, 0) is 37.0 Å². The van der Waals surface area contributed by atoms with Crippen molar-refractivity contribution in [1.29, 1.82) is 0 Å². The minimum absolute atomic E-state index is 0.574. The number of hydrogen-bond donors (Lipinski definition) is 1. The third kappa shape index (κ3) is 2.02. The van der Waals surface area contributed by atoms with Gasteiger partial charge in [0.25, 0.3) is 0 Å². The highest BCUT2D eigenvalue weighted by atomic mass is 16.5. The van der Waals surface area contributed by atoms with Crippen LogP contribution in [-0.2, 0) is 4.74 Å². The zero-order chi connectivity index (χ0) is 12.5. The van der Waals surface area contributed by atoms with E-state index in [2.05, 4.69) is 36.2 Å². The lowest BCUT2D eigenvalue weighted by Crippen LogP contribution is -2.41. The fourth-order valence-electron chi connectivity index (χ4n) is 3.23. The number of anilines is 1. The molecule has 1 fully saturated rings. The van der Waals surface area contributed by atoms with Crippen LogP contribution in [0.1, 0.15) is 29.2 Å². The Kier molecular flexibility index (Phi) is 3.27. The van der Waals surface area contributed by atoms with Gasteiger partial charge in [0.1, 0.15) is 0 Å². The first-order chi connectivity index (χ1) is 8.77. The van der Waals surface area contributed by atoms with E-state index in [1.807, 2.05) is 0 Å². The van der Waals surface area contributed by atoms with Crippen molar-refractivity contribution in [2.75, 3.05) is 38.2 Å². The van der Waals surface area contributed by atoms with E-state index in [9.17, 15) is 0 Å². The number of nitrogens with one attached hydrogen (secondary N) is 1. The SMILES string of the molecule is Cc1ccc(C)c2c1NCCC2N1CCOCC1. The van der Waals surface area contributed by atoms with E-state index in [1.54, 1.807) is 0 Å². The quantitative estimate of drug-likeness (QED) is 0.824. The van der Waals surface area contributed by atoms with Gasteiger partial charge in [0.2, 0.25) is 0 Å². The Morgan fingerprint density at radius 1 is 1.17 bits per heavy atom. The standard InChI is InChI=1S/C15H22N2O/c1-11-3-4-12(2)15-14(11)13(5-6-16-15)17-7-9-18-10-8-17/h3-4,13,16H,5-10H2,1-2H3. The third-order valence-corrected chi connectivity index (χ3v) is 4.21. The van der Waals surface area contributed by atoms with Crippen LogP contribution in [-0.4, -0.2) is 37.7 Å². The Hall–Kier alpha value is -1.06. The highest BCUT2D eigenvalue weighted by Gasteiger charge is 2.29. The maximum atomic E-state index is 5.48. The van der Waals surface area contributed by atoms with E-state index in [1.165, 1.54) is 28.8 Å². The molecule has 2 aliphatic rings. The highest BCUT2D eigenvalue weighted by molar-refractivity contribution is 5.62. The minimum atomic E-state index is 0.574. The van der Waals surface area contributed by atoms with Crippen molar-refractivity contribution in [3.8, 4) is 0 Å². The van der Waals surface area contributed by atoms with Gasteiger partial charge >= 0.3 is 0 Å². The molecular weight excluding hydrogens is 224 g/mol. The van der Waals surface area contributed by atoms with Crippen LogP contribution in [0.2, 0.25) is 0 Å². The van der Waals surface area contributed by atoms with E-state index in [-0.39, 0.29) is 0 Å². The average molecular weight is 246 g/mol. The number of hydrogen-bond acceptors (Lipinski definition) is 3. The van der Waals surface area contributed by atoms with Crippen LogP contribution in [0.25, 0.3) is 0 Å². The van der Waals surface area contributed by atoms with E-state index in [4.69, 9.17) is 4.74 Å². The van der Waals surface area contributed by atoms with Crippen molar-refractivity contribution in [1.82, 2.24) is 4.90 Å². The summed E-state index contributed by atoms with van der Waals surface area (Å²) in [5.41, 5.74) is 5.67. The van der Waals surface area contributed by atoms with E-state index < -0.39 is 0 Å². The van der Waals surface area contributed by atoms with E-state index >= 15 is 0 Å². The number of fused-ring (bicyclic) bond motifs is 1. The lowest BCUT2D eigenvalue weighted by atomic mass is 9.90. The maximum Gasteiger partial charge on any atom is 0.0594 e.